The standard InChI is InChI=1S/C19H15ClN2O3S/c20-14-8-6-13(7-9-14)19-22-16(11-26-19)18(25)21-15(10-17(23)24)12-4-2-1-3-5-12/h1-9,11,15H,10H2,(H,21,25)(H,23,24). The second-order valence-corrected chi connectivity index (χ2v) is 6.87. The molecule has 5 nitrogen and oxygen atoms in total. The van der Waals surface area contributed by atoms with Gasteiger partial charge in [0.15, 0.2) is 0 Å². The first-order valence-corrected chi connectivity index (χ1v) is 9.08. The fourth-order valence-electron chi connectivity index (χ4n) is 2.45. The maximum Gasteiger partial charge on any atom is 0.305 e. The first-order valence-electron chi connectivity index (χ1n) is 7.82. The summed E-state index contributed by atoms with van der Waals surface area (Å²) < 4.78 is 0. The van der Waals surface area contributed by atoms with Crippen LogP contribution in [0.15, 0.2) is 60.0 Å². The van der Waals surface area contributed by atoms with Gasteiger partial charge < -0.3 is 10.4 Å². The van der Waals surface area contributed by atoms with Crippen molar-refractivity contribution in [2.24, 2.45) is 0 Å². The van der Waals surface area contributed by atoms with Crippen molar-refractivity contribution in [3.05, 3.63) is 76.3 Å². The van der Waals surface area contributed by atoms with Crippen LogP contribution < -0.4 is 5.32 Å². The van der Waals surface area contributed by atoms with Gasteiger partial charge in [0.05, 0.1) is 12.5 Å². The topological polar surface area (TPSA) is 79.3 Å². The number of thiazole rings is 1. The zero-order chi connectivity index (χ0) is 18.5. The zero-order valence-corrected chi connectivity index (χ0v) is 15.1. The second kappa shape index (κ2) is 8.12. The first kappa shape index (κ1) is 18.1. The Bertz CT molecular complexity index is 910. The van der Waals surface area contributed by atoms with E-state index in [4.69, 9.17) is 16.7 Å². The van der Waals surface area contributed by atoms with Crippen molar-refractivity contribution in [1.29, 1.82) is 0 Å². The Morgan fingerprint density at radius 3 is 2.46 bits per heavy atom. The molecule has 1 heterocycles. The quantitative estimate of drug-likeness (QED) is 0.657. The third kappa shape index (κ3) is 4.47. The van der Waals surface area contributed by atoms with E-state index in [1.807, 2.05) is 18.2 Å². The molecule has 1 aromatic heterocycles. The van der Waals surface area contributed by atoms with Crippen LogP contribution in [0.2, 0.25) is 5.02 Å². The largest absolute Gasteiger partial charge is 0.481 e. The van der Waals surface area contributed by atoms with E-state index in [1.165, 1.54) is 11.3 Å². The van der Waals surface area contributed by atoms with Crippen LogP contribution in [0.1, 0.15) is 28.5 Å². The van der Waals surface area contributed by atoms with Crippen molar-refractivity contribution in [1.82, 2.24) is 10.3 Å². The lowest BCUT2D eigenvalue weighted by molar-refractivity contribution is -0.137. The van der Waals surface area contributed by atoms with Gasteiger partial charge in [0.2, 0.25) is 0 Å². The van der Waals surface area contributed by atoms with Crippen LogP contribution in [0.5, 0.6) is 0 Å². The fourth-order valence-corrected chi connectivity index (χ4v) is 3.38. The second-order valence-electron chi connectivity index (χ2n) is 5.58. The van der Waals surface area contributed by atoms with E-state index >= 15 is 0 Å². The molecule has 0 saturated carbocycles. The van der Waals surface area contributed by atoms with Crippen molar-refractivity contribution in [2.45, 2.75) is 12.5 Å². The molecule has 1 atom stereocenters. The molecule has 0 aliphatic carbocycles. The zero-order valence-electron chi connectivity index (χ0n) is 13.6. The summed E-state index contributed by atoms with van der Waals surface area (Å²) in [6, 6.07) is 15.6. The van der Waals surface area contributed by atoms with Gasteiger partial charge in [-0.05, 0) is 17.7 Å². The molecule has 1 unspecified atom stereocenters. The van der Waals surface area contributed by atoms with Gasteiger partial charge in [-0.15, -0.1) is 11.3 Å². The number of nitrogens with one attached hydrogen (secondary N) is 1. The molecule has 3 rings (SSSR count). The SMILES string of the molecule is O=C(O)CC(NC(=O)c1csc(-c2ccc(Cl)cc2)n1)c1ccccc1. The highest BCUT2D eigenvalue weighted by Gasteiger charge is 2.20. The molecule has 2 N–H and O–H groups in total. The van der Waals surface area contributed by atoms with Crippen LogP contribution in [-0.2, 0) is 4.79 Å². The van der Waals surface area contributed by atoms with Crippen molar-refractivity contribution in [3.63, 3.8) is 0 Å². The summed E-state index contributed by atoms with van der Waals surface area (Å²) in [6.45, 7) is 0. The molecule has 0 aliphatic rings. The average Bonchev–Trinajstić information content (AvgIpc) is 3.12. The summed E-state index contributed by atoms with van der Waals surface area (Å²) in [5.74, 6) is -1.39. The Labute approximate surface area is 159 Å². The number of benzene rings is 2. The van der Waals surface area contributed by atoms with E-state index in [9.17, 15) is 9.59 Å². The van der Waals surface area contributed by atoms with Crippen molar-refractivity contribution < 1.29 is 14.7 Å². The van der Waals surface area contributed by atoms with E-state index in [0.717, 1.165) is 11.1 Å². The predicted molar refractivity (Wildman–Crippen MR) is 101 cm³/mol. The number of hydrogen-bond acceptors (Lipinski definition) is 4. The number of hydrogen-bond donors (Lipinski definition) is 2. The van der Waals surface area contributed by atoms with Crippen molar-refractivity contribution >= 4 is 34.8 Å². The number of aliphatic carboxylic acids is 1. The fraction of sp³-hybridized carbons (Fsp3) is 0.105. The lowest BCUT2D eigenvalue weighted by Crippen LogP contribution is -2.30. The van der Waals surface area contributed by atoms with Gasteiger partial charge in [-0.25, -0.2) is 4.98 Å². The molecule has 2 aromatic carbocycles. The summed E-state index contributed by atoms with van der Waals surface area (Å²) in [6.07, 6.45) is -0.204. The molecule has 0 saturated heterocycles. The maximum atomic E-state index is 12.5. The first-order chi connectivity index (χ1) is 12.5. The minimum Gasteiger partial charge on any atom is -0.481 e. The number of aromatic nitrogens is 1. The molecule has 0 bridgehead atoms. The van der Waals surface area contributed by atoms with E-state index in [1.54, 1.807) is 41.8 Å². The monoisotopic (exact) mass is 386 g/mol. The summed E-state index contributed by atoms with van der Waals surface area (Å²) in [4.78, 5) is 28.0. The molecule has 132 valence electrons. The minimum atomic E-state index is -0.987. The van der Waals surface area contributed by atoms with Crippen LogP contribution in [0.3, 0.4) is 0 Å². The molecular weight excluding hydrogens is 372 g/mol. The van der Waals surface area contributed by atoms with Gasteiger partial charge in [0.1, 0.15) is 10.7 Å². The number of carboxylic acid groups (broad SMARTS) is 1. The Balaban J connectivity index is 1.77. The summed E-state index contributed by atoms with van der Waals surface area (Å²) in [5.41, 5.74) is 1.85. The summed E-state index contributed by atoms with van der Waals surface area (Å²) in [7, 11) is 0. The highest BCUT2D eigenvalue weighted by atomic mass is 35.5. The Kier molecular flexibility index (Phi) is 5.65. The van der Waals surface area contributed by atoms with E-state index < -0.39 is 17.9 Å². The van der Waals surface area contributed by atoms with Crippen LogP contribution in [-0.4, -0.2) is 22.0 Å². The predicted octanol–water partition coefficient (Wildman–Crippen LogP) is 4.41. The van der Waals surface area contributed by atoms with Gasteiger partial charge in [0.25, 0.3) is 5.91 Å². The number of amides is 1. The van der Waals surface area contributed by atoms with Gasteiger partial charge >= 0.3 is 5.97 Å². The molecule has 0 spiro atoms. The van der Waals surface area contributed by atoms with Gasteiger partial charge in [-0.2, -0.15) is 0 Å². The van der Waals surface area contributed by atoms with Gasteiger partial charge in [0, 0.05) is 16.0 Å². The Morgan fingerprint density at radius 1 is 1.12 bits per heavy atom. The van der Waals surface area contributed by atoms with Gasteiger partial charge in [-0.1, -0.05) is 54.1 Å². The molecule has 1 amide bonds. The van der Waals surface area contributed by atoms with Crippen LogP contribution in [0.4, 0.5) is 0 Å². The Morgan fingerprint density at radius 2 is 1.81 bits per heavy atom. The minimum absolute atomic E-state index is 0.204. The molecule has 0 aliphatic heterocycles. The number of carbonyl (C=O) groups excluding carboxylic acids is 1. The lowest BCUT2D eigenvalue weighted by Gasteiger charge is -2.16. The van der Waals surface area contributed by atoms with Gasteiger partial charge in [-0.3, -0.25) is 9.59 Å². The molecule has 3 aromatic rings. The molecule has 0 fully saturated rings. The van der Waals surface area contributed by atoms with E-state index in [0.29, 0.717) is 10.0 Å². The molecule has 26 heavy (non-hydrogen) atoms. The lowest BCUT2D eigenvalue weighted by atomic mass is 10.0. The van der Waals surface area contributed by atoms with Crippen LogP contribution in [0.25, 0.3) is 10.6 Å². The number of carbonyl (C=O) groups is 2. The summed E-state index contributed by atoms with van der Waals surface area (Å²) >= 11 is 7.23. The normalized spacial score (nSPS) is 11.7. The van der Waals surface area contributed by atoms with Crippen molar-refractivity contribution in [3.8, 4) is 10.6 Å². The number of nitrogens with zero attached hydrogens (tertiary/aromatic N) is 1. The third-order valence-corrected chi connectivity index (χ3v) is 4.86. The number of rotatable bonds is 6. The summed E-state index contributed by atoms with van der Waals surface area (Å²) in [5, 5.41) is 14.9. The molecular formula is C19H15ClN2O3S. The third-order valence-electron chi connectivity index (χ3n) is 3.71. The maximum absolute atomic E-state index is 12.5. The van der Waals surface area contributed by atoms with Crippen LogP contribution >= 0.6 is 22.9 Å². The smallest absolute Gasteiger partial charge is 0.305 e. The Hall–Kier alpha value is -2.70. The number of carboxylic acids is 1. The molecule has 7 heteroatoms. The van der Waals surface area contributed by atoms with Crippen LogP contribution in [0, 0.1) is 0 Å². The van der Waals surface area contributed by atoms with E-state index in [-0.39, 0.29) is 12.1 Å². The highest BCUT2D eigenvalue weighted by Crippen LogP contribution is 2.25. The molecule has 0 radical (unpaired) electrons. The van der Waals surface area contributed by atoms with E-state index in [2.05, 4.69) is 10.3 Å². The number of halogens is 1. The average molecular weight is 387 g/mol. The highest BCUT2D eigenvalue weighted by molar-refractivity contribution is 7.13. The van der Waals surface area contributed by atoms with Crippen molar-refractivity contribution in [2.75, 3.05) is 0 Å².